The van der Waals surface area contributed by atoms with Crippen molar-refractivity contribution >= 4 is 142 Å². The molecule has 9 heterocycles. The van der Waals surface area contributed by atoms with Crippen molar-refractivity contribution in [2.24, 2.45) is 0 Å². The van der Waals surface area contributed by atoms with E-state index in [1.165, 1.54) is 16.3 Å². The van der Waals surface area contributed by atoms with Crippen molar-refractivity contribution in [1.82, 2.24) is 58.6 Å². The Morgan fingerprint density at radius 2 is 0.372 bits per heavy atom. The third-order valence-corrected chi connectivity index (χ3v) is 28.2. The van der Waals surface area contributed by atoms with E-state index in [0.717, 1.165) is 215 Å². The summed E-state index contributed by atoms with van der Waals surface area (Å²) in [5.41, 5.74) is 28.4. The number of benzene rings is 21. The summed E-state index contributed by atoms with van der Waals surface area (Å²) in [6.07, 6.45) is 0. The third kappa shape index (κ3) is 15.0. The number of para-hydroxylation sites is 6. The molecule has 0 radical (unpaired) electrons. The van der Waals surface area contributed by atoms with E-state index >= 15 is 0 Å². The fraction of sp³-hybridized carbons (Fsp3) is 0. The molecule has 15 nitrogen and oxygen atoms in total. The molecule has 0 saturated heterocycles. The second-order valence-corrected chi connectivity index (χ2v) is 36.9. The van der Waals surface area contributed by atoms with Gasteiger partial charge in [-0.15, -0.1) is 0 Å². The molecule has 0 bridgehead atoms. The smallest absolute Gasteiger partial charge is 0.238 e. The summed E-state index contributed by atoms with van der Waals surface area (Å²) >= 11 is 0. The number of rotatable bonds is 14. The Balaban J connectivity index is 0.000000108. The van der Waals surface area contributed by atoms with Crippen molar-refractivity contribution in [2.75, 3.05) is 0 Å². The molecule has 0 amide bonds. The maximum Gasteiger partial charge on any atom is 0.238 e. The van der Waals surface area contributed by atoms with E-state index in [-0.39, 0.29) is 0 Å². The van der Waals surface area contributed by atoms with E-state index < -0.39 is 0 Å². The second kappa shape index (κ2) is 36.0. The second-order valence-electron chi connectivity index (χ2n) is 36.9. The molecule has 0 N–H and O–H groups in total. The number of aromatic nitrogens is 12. The minimum absolute atomic E-state index is 0.566. The predicted octanol–water partition coefficient (Wildman–Crippen LogP) is 34.1. The van der Waals surface area contributed by atoms with Crippen LogP contribution in [0.5, 0.6) is 0 Å². The van der Waals surface area contributed by atoms with Gasteiger partial charge in [0.2, 0.25) is 11.9 Å². The van der Waals surface area contributed by atoms with Crippen LogP contribution in [0.2, 0.25) is 0 Å². The minimum atomic E-state index is 0.566. The highest BCUT2D eigenvalue weighted by Gasteiger charge is 2.27. The Labute approximate surface area is 847 Å². The molecule has 0 aliphatic carbocycles. The molecule has 0 unspecified atom stereocenters. The van der Waals surface area contributed by atoms with Crippen molar-refractivity contribution in [1.29, 1.82) is 0 Å². The molecule has 148 heavy (non-hydrogen) atoms. The van der Waals surface area contributed by atoms with E-state index in [0.29, 0.717) is 52.7 Å². The molecule has 9 aromatic heterocycles. The van der Waals surface area contributed by atoms with Crippen LogP contribution in [0, 0.1) is 0 Å². The Morgan fingerprint density at radius 1 is 0.135 bits per heavy atom. The quantitative estimate of drug-likeness (QED) is 0.101. The first-order valence-corrected chi connectivity index (χ1v) is 49.4. The average molecular weight is 1900 g/mol. The van der Waals surface area contributed by atoms with Crippen molar-refractivity contribution in [2.45, 2.75) is 0 Å². The van der Waals surface area contributed by atoms with E-state index in [1.54, 1.807) is 0 Å². The number of fused-ring (bicyclic) bond motifs is 19. The van der Waals surface area contributed by atoms with Crippen molar-refractivity contribution in [3.8, 4) is 142 Å². The summed E-state index contributed by atoms with van der Waals surface area (Å²) in [6.45, 7) is 0. The van der Waals surface area contributed by atoms with Crippen molar-refractivity contribution < 1.29 is 13.3 Å². The Morgan fingerprint density at radius 3 is 0.743 bits per heavy atom. The van der Waals surface area contributed by atoms with Crippen LogP contribution in [0.3, 0.4) is 0 Å². The van der Waals surface area contributed by atoms with E-state index in [2.05, 4.69) is 305 Å². The summed E-state index contributed by atoms with van der Waals surface area (Å²) in [5, 5.41) is 15.8. The van der Waals surface area contributed by atoms with Crippen LogP contribution in [0.15, 0.2) is 511 Å². The molecule has 0 fully saturated rings. The molecule has 0 atom stereocenters. The highest BCUT2D eigenvalue weighted by molar-refractivity contribution is 6.19. The van der Waals surface area contributed by atoms with Gasteiger partial charge in [0.25, 0.3) is 0 Å². The first kappa shape index (κ1) is 85.7. The van der Waals surface area contributed by atoms with Crippen molar-refractivity contribution in [3.05, 3.63) is 497 Å². The molecule has 692 valence electrons. The Kier molecular flexibility index (Phi) is 20.9. The van der Waals surface area contributed by atoms with Gasteiger partial charge < -0.3 is 17.8 Å². The van der Waals surface area contributed by atoms with E-state index in [9.17, 15) is 0 Å². The van der Waals surface area contributed by atoms with Crippen molar-refractivity contribution in [3.63, 3.8) is 0 Å². The van der Waals surface area contributed by atoms with Gasteiger partial charge in [-0.05, 0) is 129 Å². The molecule has 0 saturated carbocycles. The predicted molar refractivity (Wildman–Crippen MR) is 602 cm³/mol. The van der Waals surface area contributed by atoms with Crippen LogP contribution in [0.4, 0.5) is 0 Å². The molecule has 30 rings (SSSR count). The lowest BCUT2D eigenvalue weighted by Gasteiger charge is -2.15. The highest BCUT2D eigenvalue weighted by atomic mass is 16.3. The third-order valence-electron chi connectivity index (χ3n) is 28.2. The Bertz CT molecular complexity index is 10300. The molecule has 30 aromatic rings. The lowest BCUT2D eigenvalue weighted by molar-refractivity contribution is 0.668. The fourth-order valence-electron chi connectivity index (χ4n) is 21.4. The molecule has 0 spiro atoms. The molecule has 0 aliphatic rings. The highest BCUT2D eigenvalue weighted by Crippen LogP contribution is 2.47. The summed E-state index contributed by atoms with van der Waals surface area (Å²) in [5.74, 6) is 5.56. The van der Waals surface area contributed by atoms with Crippen LogP contribution >= 0.6 is 0 Å². The first-order valence-electron chi connectivity index (χ1n) is 49.4. The van der Waals surface area contributed by atoms with Gasteiger partial charge >= 0.3 is 0 Å². The zero-order valence-corrected chi connectivity index (χ0v) is 79.4. The normalized spacial score (nSPS) is 11.6. The molecule has 0 aliphatic heterocycles. The topological polar surface area (TPSA) is 170 Å². The zero-order valence-electron chi connectivity index (χ0n) is 79.4. The lowest BCUT2D eigenvalue weighted by Crippen LogP contribution is -2.06. The Hall–Kier alpha value is -20.3. The summed E-state index contributed by atoms with van der Waals surface area (Å²) in [4.78, 5) is 45.6. The minimum Gasteiger partial charge on any atom is -0.456 e. The molecular weight excluding hydrogens is 1810 g/mol. The number of hydrogen-bond donors (Lipinski definition) is 0. The standard InChI is InChI=1S/C49H30N4O.C45H28N4O.C39H24N4O/c1-3-14-31(15-4-1)47-50-48(32-16-5-2-6-17-32)52-49(51-47)39-23-11-22-36-35(39)21-12-25-42(36)53-41-24-9-7-18-37(41)38-29-28-33(30-43(38)53)34-20-13-27-45-46(34)40-19-8-10-26-44(40)54-45;1-3-12-29(13-4-1)30-22-24-32(25-23-30)44-46-43(31-14-5-2-6-15-31)47-45(48-44)49-38-19-9-7-16-35(38)36-27-26-33(28-39(36)49)34-18-11-21-41-42(34)37-17-8-10-20-40(37)50-41;1-3-12-25(13-4-1)37-40-38(26-14-5-2-6-15-26)42-39(41-37)43-32-19-9-7-16-29(32)30-23-22-27(24-33(30)43)28-18-11-21-35-36(28)31-17-8-10-20-34(31)44-35/h1-30H;1-28H;1-24H. The first-order chi connectivity index (χ1) is 73.4. The van der Waals surface area contributed by atoms with Crippen LogP contribution < -0.4 is 0 Å². The monoisotopic (exact) mass is 1890 g/mol. The number of nitrogens with zero attached hydrogens (tertiary/aromatic N) is 12. The van der Waals surface area contributed by atoms with Crippen LogP contribution in [0.1, 0.15) is 0 Å². The van der Waals surface area contributed by atoms with Gasteiger partial charge in [0.05, 0.1) is 38.8 Å². The summed E-state index contributed by atoms with van der Waals surface area (Å²) in [6, 6.07) is 172. The largest absolute Gasteiger partial charge is 0.456 e. The number of hydrogen-bond acceptors (Lipinski definition) is 12. The lowest BCUT2D eigenvalue weighted by atomic mass is 9.98. The van der Waals surface area contributed by atoms with E-state index in [1.807, 2.05) is 206 Å². The van der Waals surface area contributed by atoms with Gasteiger partial charge in [-0.2, -0.15) is 19.9 Å². The molecule has 15 heteroatoms. The average Bonchev–Trinajstić information content (AvgIpc) is 1.57. The summed E-state index contributed by atoms with van der Waals surface area (Å²) in [7, 11) is 0. The molecular formula is C133H82N12O3. The number of furan rings is 3. The maximum atomic E-state index is 6.28. The van der Waals surface area contributed by atoms with Crippen LogP contribution in [0.25, 0.3) is 284 Å². The van der Waals surface area contributed by atoms with Gasteiger partial charge in [0.15, 0.2) is 40.8 Å². The zero-order chi connectivity index (χ0) is 97.6. The maximum absolute atomic E-state index is 6.28. The van der Waals surface area contributed by atoms with E-state index in [4.69, 9.17) is 58.1 Å². The van der Waals surface area contributed by atoms with Crippen LogP contribution in [-0.2, 0) is 0 Å². The van der Waals surface area contributed by atoms with Gasteiger partial charge in [-0.1, -0.05) is 419 Å². The summed E-state index contributed by atoms with van der Waals surface area (Å²) < 4.78 is 25.5. The van der Waals surface area contributed by atoms with Crippen LogP contribution in [-0.4, -0.2) is 58.6 Å². The van der Waals surface area contributed by atoms with Gasteiger partial charge in [-0.25, -0.2) is 24.9 Å². The fourth-order valence-corrected chi connectivity index (χ4v) is 21.4. The van der Waals surface area contributed by atoms with Gasteiger partial charge in [-0.3, -0.25) is 9.13 Å². The van der Waals surface area contributed by atoms with Gasteiger partial charge in [0.1, 0.15) is 33.5 Å². The SMILES string of the molecule is c1ccc(-c2ccc(-c3nc(-c4ccccc4)nc(-n4c5ccccc5c5ccc(-c6cccc7oc8ccccc8c67)cc54)n3)cc2)cc1.c1ccc(-c2nc(-c3ccccc3)nc(-c3cccc4c(-n5c6ccccc6c6ccc(-c7cccc8oc9ccccc9c78)cc65)cccc34)n2)cc1.c1ccc(-c2nc(-c3ccccc3)nc(-n3c4ccccc4c4ccc(-c5cccc6oc7ccccc7c56)cc43)n2)cc1. The van der Waals surface area contributed by atoms with Gasteiger partial charge in [0, 0.05) is 109 Å². The molecule has 21 aromatic carbocycles.